The Kier molecular flexibility index (Phi) is 7.86. The Morgan fingerprint density at radius 3 is 2.37 bits per heavy atom. The molecular weight excluding hydrogens is 487 g/mol. The normalized spacial score (nSPS) is 23.0. The van der Waals surface area contributed by atoms with E-state index in [0.29, 0.717) is 29.7 Å². The van der Waals surface area contributed by atoms with Gasteiger partial charge < -0.3 is 24.0 Å². The second kappa shape index (κ2) is 10.6. The summed E-state index contributed by atoms with van der Waals surface area (Å²) in [6.07, 6.45) is 0.409. The molecule has 0 radical (unpaired) electrons. The number of amides is 1. The van der Waals surface area contributed by atoms with Crippen molar-refractivity contribution in [3.05, 3.63) is 58.1 Å². The standard InChI is InChI=1S/C27H34Cl2N2O4/c1-19(32)30-11-13-31(14-12-30)21-6-8-22(9-7-21)33-16-23-17-34-27(35-23,18-26(2,3)4)24-10-5-20(28)15-25(24)29/h5-10,15,23H,11-14,16-18H2,1-4H3. The predicted octanol–water partition coefficient (Wildman–Crippen LogP) is 5.75. The number of piperazine rings is 1. The molecule has 4 rings (SSSR count). The van der Waals surface area contributed by atoms with Gasteiger partial charge in [0.1, 0.15) is 18.5 Å². The Morgan fingerprint density at radius 2 is 1.77 bits per heavy atom. The summed E-state index contributed by atoms with van der Waals surface area (Å²) < 4.78 is 18.8. The third kappa shape index (κ3) is 6.42. The summed E-state index contributed by atoms with van der Waals surface area (Å²) in [7, 11) is 0. The average molecular weight is 521 g/mol. The summed E-state index contributed by atoms with van der Waals surface area (Å²) in [5.74, 6) is -0.0336. The van der Waals surface area contributed by atoms with Crippen LogP contribution in [0.15, 0.2) is 42.5 Å². The van der Waals surface area contributed by atoms with E-state index in [-0.39, 0.29) is 17.4 Å². The first-order valence-corrected chi connectivity index (χ1v) is 12.8. The first-order chi connectivity index (χ1) is 16.5. The van der Waals surface area contributed by atoms with Crippen LogP contribution in [0, 0.1) is 5.41 Å². The molecule has 8 heteroatoms. The molecule has 0 bridgehead atoms. The molecule has 1 amide bonds. The van der Waals surface area contributed by atoms with E-state index in [2.05, 4.69) is 37.8 Å². The molecular formula is C27H34Cl2N2O4. The number of nitrogens with zero attached hydrogens (tertiary/aromatic N) is 2. The van der Waals surface area contributed by atoms with E-state index >= 15 is 0 Å². The van der Waals surface area contributed by atoms with Crippen LogP contribution in [0.2, 0.25) is 10.0 Å². The second-order valence-corrected chi connectivity index (χ2v) is 11.3. The number of ether oxygens (including phenoxy) is 3. The molecule has 2 heterocycles. The molecule has 2 aromatic carbocycles. The van der Waals surface area contributed by atoms with Gasteiger partial charge in [0.2, 0.25) is 5.91 Å². The first kappa shape index (κ1) is 26.1. The largest absolute Gasteiger partial charge is 0.491 e. The van der Waals surface area contributed by atoms with Crippen LogP contribution in [0.4, 0.5) is 5.69 Å². The summed E-state index contributed by atoms with van der Waals surface area (Å²) in [5.41, 5.74) is 1.86. The Morgan fingerprint density at radius 1 is 1.09 bits per heavy atom. The van der Waals surface area contributed by atoms with Crippen molar-refractivity contribution in [3.8, 4) is 5.75 Å². The van der Waals surface area contributed by atoms with Crippen molar-refractivity contribution in [3.63, 3.8) is 0 Å². The molecule has 2 aromatic rings. The third-order valence-electron chi connectivity index (χ3n) is 6.33. The summed E-state index contributed by atoms with van der Waals surface area (Å²) in [4.78, 5) is 15.7. The van der Waals surface area contributed by atoms with Crippen molar-refractivity contribution in [2.24, 2.45) is 5.41 Å². The topological polar surface area (TPSA) is 51.2 Å². The molecule has 2 fully saturated rings. The monoisotopic (exact) mass is 520 g/mol. The van der Waals surface area contributed by atoms with Crippen molar-refractivity contribution < 1.29 is 19.0 Å². The Hall–Kier alpha value is -1.99. The molecule has 2 atom stereocenters. The maximum atomic E-state index is 11.5. The minimum absolute atomic E-state index is 0.0511. The quantitative estimate of drug-likeness (QED) is 0.485. The lowest BCUT2D eigenvalue weighted by atomic mass is 9.84. The highest BCUT2D eigenvalue weighted by atomic mass is 35.5. The van der Waals surface area contributed by atoms with E-state index < -0.39 is 5.79 Å². The Labute approximate surface area is 218 Å². The van der Waals surface area contributed by atoms with Gasteiger partial charge in [0.25, 0.3) is 0 Å². The fourth-order valence-corrected chi connectivity index (χ4v) is 5.25. The van der Waals surface area contributed by atoms with E-state index in [4.69, 9.17) is 37.4 Å². The average Bonchev–Trinajstić information content (AvgIpc) is 3.20. The molecule has 0 spiro atoms. The van der Waals surface area contributed by atoms with Crippen LogP contribution in [0.25, 0.3) is 0 Å². The molecule has 190 valence electrons. The zero-order valence-electron chi connectivity index (χ0n) is 20.9. The van der Waals surface area contributed by atoms with Gasteiger partial charge in [0.15, 0.2) is 5.79 Å². The number of benzene rings is 2. The van der Waals surface area contributed by atoms with Crippen molar-refractivity contribution in [2.45, 2.75) is 46.0 Å². The first-order valence-electron chi connectivity index (χ1n) is 12.1. The number of rotatable bonds is 6. The van der Waals surface area contributed by atoms with E-state index in [1.165, 1.54) is 0 Å². The van der Waals surface area contributed by atoms with Crippen molar-refractivity contribution >= 4 is 34.8 Å². The van der Waals surface area contributed by atoms with Gasteiger partial charge in [-0.2, -0.15) is 0 Å². The maximum absolute atomic E-state index is 11.5. The van der Waals surface area contributed by atoms with Crippen LogP contribution in [0.3, 0.4) is 0 Å². The van der Waals surface area contributed by atoms with Crippen molar-refractivity contribution in [1.82, 2.24) is 4.90 Å². The molecule has 0 aliphatic carbocycles. The minimum Gasteiger partial charge on any atom is -0.491 e. The fraction of sp³-hybridized carbons (Fsp3) is 0.519. The van der Waals surface area contributed by atoms with Gasteiger partial charge in [-0.15, -0.1) is 0 Å². The van der Waals surface area contributed by atoms with E-state index in [9.17, 15) is 4.79 Å². The highest BCUT2D eigenvalue weighted by molar-refractivity contribution is 6.35. The number of halogens is 2. The Balaban J connectivity index is 1.37. The van der Waals surface area contributed by atoms with Gasteiger partial charge in [-0.25, -0.2) is 0 Å². The molecule has 2 saturated heterocycles. The highest BCUT2D eigenvalue weighted by Crippen LogP contribution is 2.46. The predicted molar refractivity (Wildman–Crippen MR) is 139 cm³/mol. The number of anilines is 1. The number of hydrogen-bond donors (Lipinski definition) is 0. The number of hydrogen-bond acceptors (Lipinski definition) is 5. The molecule has 2 aliphatic rings. The third-order valence-corrected chi connectivity index (χ3v) is 6.87. The zero-order chi connectivity index (χ0) is 25.2. The van der Waals surface area contributed by atoms with Crippen molar-refractivity contribution in [1.29, 1.82) is 0 Å². The smallest absolute Gasteiger partial charge is 0.219 e. The van der Waals surface area contributed by atoms with Crippen LogP contribution in [0.5, 0.6) is 5.75 Å². The molecule has 0 N–H and O–H groups in total. The molecule has 2 aliphatic heterocycles. The van der Waals surface area contributed by atoms with Crippen LogP contribution in [-0.2, 0) is 20.1 Å². The maximum Gasteiger partial charge on any atom is 0.219 e. The molecule has 6 nitrogen and oxygen atoms in total. The molecule has 0 saturated carbocycles. The molecule has 2 unspecified atom stereocenters. The van der Waals surface area contributed by atoms with Crippen LogP contribution in [0.1, 0.15) is 39.7 Å². The lowest BCUT2D eigenvalue weighted by Gasteiger charge is -2.35. The summed E-state index contributed by atoms with van der Waals surface area (Å²) >= 11 is 12.7. The minimum atomic E-state index is -0.945. The van der Waals surface area contributed by atoms with E-state index in [1.54, 1.807) is 13.0 Å². The van der Waals surface area contributed by atoms with Crippen LogP contribution in [-0.4, -0.2) is 56.3 Å². The van der Waals surface area contributed by atoms with Crippen molar-refractivity contribution in [2.75, 3.05) is 44.3 Å². The zero-order valence-corrected chi connectivity index (χ0v) is 22.4. The molecule has 0 aromatic heterocycles. The second-order valence-electron chi connectivity index (χ2n) is 10.5. The van der Waals surface area contributed by atoms with Gasteiger partial charge in [-0.3, -0.25) is 4.79 Å². The van der Waals surface area contributed by atoms with Gasteiger partial charge in [-0.05, 0) is 41.8 Å². The van der Waals surface area contributed by atoms with Gasteiger partial charge in [0, 0.05) is 55.8 Å². The summed E-state index contributed by atoms with van der Waals surface area (Å²) in [5, 5.41) is 1.11. The van der Waals surface area contributed by atoms with Gasteiger partial charge >= 0.3 is 0 Å². The lowest BCUT2D eigenvalue weighted by molar-refractivity contribution is -0.198. The van der Waals surface area contributed by atoms with Gasteiger partial charge in [-0.1, -0.05) is 50.0 Å². The SMILES string of the molecule is CC(=O)N1CCN(c2ccc(OCC3COC(CC(C)(C)C)(c4ccc(Cl)cc4Cl)O3)cc2)CC1. The van der Waals surface area contributed by atoms with Crippen LogP contribution < -0.4 is 9.64 Å². The number of carbonyl (C=O) groups is 1. The summed E-state index contributed by atoms with van der Waals surface area (Å²) in [6.45, 7) is 12.0. The van der Waals surface area contributed by atoms with E-state index in [1.807, 2.05) is 29.2 Å². The van der Waals surface area contributed by atoms with E-state index in [0.717, 1.165) is 43.2 Å². The Bertz CT molecular complexity index is 1030. The fourth-order valence-electron chi connectivity index (χ4n) is 4.69. The highest BCUT2D eigenvalue weighted by Gasteiger charge is 2.47. The number of carbonyl (C=O) groups excluding carboxylic acids is 1. The summed E-state index contributed by atoms with van der Waals surface area (Å²) in [6, 6.07) is 13.5. The lowest BCUT2D eigenvalue weighted by Crippen LogP contribution is -2.48. The van der Waals surface area contributed by atoms with Crippen LogP contribution >= 0.6 is 23.2 Å². The molecule has 35 heavy (non-hydrogen) atoms. The van der Waals surface area contributed by atoms with Gasteiger partial charge in [0.05, 0.1) is 11.6 Å².